The summed E-state index contributed by atoms with van der Waals surface area (Å²) in [6.45, 7) is 3.64. The van der Waals surface area contributed by atoms with Gasteiger partial charge in [-0.3, -0.25) is 4.98 Å². The van der Waals surface area contributed by atoms with Crippen LogP contribution in [0.15, 0.2) is 34.0 Å². The number of alkyl halides is 3. The zero-order valence-corrected chi connectivity index (χ0v) is 13.6. The van der Waals surface area contributed by atoms with Gasteiger partial charge >= 0.3 is 6.18 Å². The van der Waals surface area contributed by atoms with E-state index >= 15 is 0 Å². The van der Waals surface area contributed by atoms with Crippen molar-refractivity contribution in [3.63, 3.8) is 0 Å². The van der Waals surface area contributed by atoms with Gasteiger partial charge in [-0.1, -0.05) is 11.8 Å². The summed E-state index contributed by atoms with van der Waals surface area (Å²) >= 11 is 1.06. The molecule has 5 nitrogen and oxygen atoms in total. The highest BCUT2D eigenvalue weighted by molar-refractivity contribution is 7.99. The lowest BCUT2D eigenvalue weighted by atomic mass is 10.2. The van der Waals surface area contributed by atoms with Gasteiger partial charge in [0.1, 0.15) is 11.6 Å². The lowest BCUT2D eigenvalue weighted by Gasteiger charge is -2.12. The fraction of sp³-hybridized carbons (Fsp3) is 0.267. The summed E-state index contributed by atoms with van der Waals surface area (Å²) in [5.74, 6) is 0.541. The molecule has 0 bridgehead atoms. The molecule has 3 heterocycles. The summed E-state index contributed by atoms with van der Waals surface area (Å²) in [7, 11) is 0. The molecule has 2 N–H and O–H groups in total. The van der Waals surface area contributed by atoms with E-state index in [0.29, 0.717) is 17.3 Å². The predicted molar refractivity (Wildman–Crippen MR) is 84.5 cm³/mol. The molecule has 9 heteroatoms. The highest BCUT2D eigenvalue weighted by Gasteiger charge is 2.33. The van der Waals surface area contributed by atoms with E-state index in [0.717, 1.165) is 22.9 Å². The molecule has 0 aliphatic carbocycles. The highest BCUT2D eigenvalue weighted by atomic mass is 32.2. The van der Waals surface area contributed by atoms with Gasteiger partial charge in [0, 0.05) is 11.5 Å². The number of thioether (sulfide) groups is 1. The van der Waals surface area contributed by atoms with Crippen LogP contribution in [-0.2, 0) is 6.18 Å². The number of fused-ring (bicyclic) bond motifs is 1. The van der Waals surface area contributed by atoms with Gasteiger partial charge in [-0.05, 0) is 26.0 Å². The van der Waals surface area contributed by atoms with Crippen LogP contribution in [0.25, 0.3) is 11.0 Å². The molecule has 1 unspecified atom stereocenters. The van der Waals surface area contributed by atoms with Crippen LogP contribution in [0.3, 0.4) is 0 Å². The SMILES string of the molecule is Cc1cc2cc(C(C)Sc3nc(N)cc(C(F)(F)F)n3)ncc2o1. The van der Waals surface area contributed by atoms with Gasteiger partial charge in [0.05, 0.1) is 17.1 Å². The summed E-state index contributed by atoms with van der Waals surface area (Å²) in [4.78, 5) is 11.7. The molecular weight excluding hydrogens is 341 g/mol. The van der Waals surface area contributed by atoms with Crippen molar-refractivity contribution < 1.29 is 17.6 Å². The maximum atomic E-state index is 12.8. The van der Waals surface area contributed by atoms with Gasteiger partial charge in [-0.25, -0.2) is 9.97 Å². The van der Waals surface area contributed by atoms with Gasteiger partial charge in [0.25, 0.3) is 0 Å². The Morgan fingerprint density at radius 2 is 1.96 bits per heavy atom. The quantitative estimate of drug-likeness (QED) is 0.555. The van der Waals surface area contributed by atoms with Crippen LogP contribution < -0.4 is 5.73 Å². The second-order valence-corrected chi connectivity index (χ2v) is 6.53. The maximum absolute atomic E-state index is 12.8. The summed E-state index contributed by atoms with van der Waals surface area (Å²) in [5, 5.41) is 0.585. The Morgan fingerprint density at radius 1 is 1.21 bits per heavy atom. The van der Waals surface area contributed by atoms with E-state index in [1.54, 1.807) is 6.20 Å². The van der Waals surface area contributed by atoms with E-state index in [-0.39, 0.29) is 16.2 Å². The molecule has 3 aromatic heterocycles. The molecule has 126 valence electrons. The largest absolute Gasteiger partial charge is 0.460 e. The standard InChI is InChI=1S/C15H13F3N4OS/c1-7-3-9-4-10(20-6-11(9)23-7)8(2)24-14-21-12(15(16,17)18)5-13(19)22-14/h3-6,8H,1-2H3,(H2,19,21,22). The zero-order valence-electron chi connectivity index (χ0n) is 12.8. The van der Waals surface area contributed by atoms with Crippen LogP contribution in [-0.4, -0.2) is 15.0 Å². The van der Waals surface area contributed by atoms with Gasteiger partial charge in [-0.15, -0.1) is 0 Å². The van der Waals surface area contributed by atoms with Crippen molar-refractivity contribution >= 4 is 28.5 Å². The Bertz CT molecular complexity index is 894. The van der Waals surface area contributed by atoms with Crippen molar-refractivity contribution in [2.75, 3.05) is 5.73 Å². The van der Waals surface area contributed by atoms with E-state index in [9.17, 15) is 13.2 Å². The average molecular weight is 354 g/mol. The summed E-state index contributed by atoms with van der Waals surface area (Å²) in [5.41, 5.74) is 5.75. The minimum atomic E-state index is -4.57. The third-order valence-corrected chi connectivity index (χ3v) is 4.25. The number of nitrogens with zero attached hydrogens (tertiary/aromatic N) is 3. The molecule has 0 aliphatic rings. The number of nitrogens with two attached hydrogens (primary N) is 1. The van der Waals surface area contributed by atoms with Crippen LogP contribution in [0.5, 0.6) is 0 Å². The molecule has 3 aromatic rings. The number of anilines is 1. The van der Waals surface area contributed by atoms with Crippen molar-refractivity contribution in [1.82, 2.24) is 15.0 Å². The zero-order chi connectivity index (χ0) is 17.5. The topological polar surface area (TPSA) is 77.8 Å². The first kappa shape index (κ1) is 16.6. The number of aryl methyl sites for hydroxylation is 1. The van der Waals surface area contributed by atoms with Crippen molar-refractivity contribution in [1.29, 1.82) is 0 Å². The lowest BCUT2D eigenvalue weighted by molar-refractivity contribution is -0.141. The van der Waals surface area contributed by atoms with Crippen LogP contribution in [0.1, 0.15) is 29.3 Å². The second-order valence-electron chi connectivity index (χ2n) is 5.22. The summed E-state index contributed by atoms with van der Waals surface area (Å²) in [6, 6.07) is 4.42. The number of hydrogen-bond donors (Lipinski definition) is 1. The molecule has 0 saturated carbocycles. The predicted octanol–water partition coefficient (Wildman–Crippen LogP) is 4.38. The molecular formula is C15H13F3N4OS. The van der Waals surface area contributed by atoms with Crippen LogP contribution in [0.2, 0.25) is 0 Å². The number of aromatic nitrogens is 3. The molecule has 0 fully saturated rings. The molecule has 1 atom stereocenters. The molecule has 0 spiro atoms. The number of nitrogen functional groups attached to an aromatic ring is 1. The number of furan rings is 1. The maximum Gasteiger partial charge on any atom is 0.433 e. The number of hydrogen-bond acceptors (Lipinski definition) is 6. The number of halogens is 3. The molecule has 0 aliphatic heterocycles. The Balaban J connectivity index is 1.87. The summed E-state index contributed by atoms with van der Waals surface area (Å²) < 4.78 is 43.9. The van der Waals surface area contributed by atoms with Crippen molar-refractivity contribution in [2.24, 2.45) is 0 Å². The highest BCUT2D eigenvalue weighted by Crippen LogP contribution is 2.36. The molecule has 3 rings (SSSR count). The van der Waals surface area contributed by atoms with E-state index < -0.39 is 11.9 Å². The fourth-order valence-electron chi connectivity index (χ4n) is 2.18. The van der Waals surface area contributed by atoms with E-state index in [2.05, 4.69) is 15.0 Å². The van der Waals surface area contributed by atoms with Gasteiger partial charge in [0.15, 0.2) is 16.4 Å². The minimum Gasteiger partial charge on any atom is -0.460 e. The fourth-order valence-corrected chi connectivity index (χ4v) is 3.05. The van der Waals surface area contributed by atoms with E-state index in [1.165, 1.54) is 0 Å². The van der Waals surface area contributed by atoms with Gasteiger partial charge in [-0.2, -0.15) is 13.2 Å². The Kier molecular flexibility index (Phi) is 4.12. The van der Waals surface area contributed by atoms with Crippen molar-refractivity contribution in [3.05, 3.63) is 41.5 Å². The third kappa shape index (κ3) is 3.45. The second kappa shape index (κ2) is 5.97. The van der Waals surface area contributed by atoms with Gasteiger partial charge < -0.3 is 10.2 Å². The van der Waals surface area contributed by atoms with Crippen LogP contribution >= 0.6 is 11.8 Å². The normalized spacial score (nSPS) is 13.4. The molecule has 0 aromatic carbocycles. The third-order valence-electron chi connectivity index (χ3n) is 3.26. The Labute approximate surface area is 139 Å². The monoisotopic (exact) mass is 354 g/mol. The van der Waals surface area contributed by atoms with Crippen molar-refractivity contribution in [3.8, 4) is 0 Å². The first-order chi connectivity index (χ1) is 11.2. The first-order valence-corrected chi connectivity index (χ1v) is 7.85. The molecule has 0 amide bonds. The Hall–Kier alpha value is -2.29. The van der Waals surface area contributed by atoms with Crippen LogP contribution in [0, 0.1) is 6.92 Å². The molecule has 0 saturated heterocycles. The van der Waals surface area contributed by atoms with E-state index in [4.69, 9.17) is 10.2 Å². The first-order valence-electron chi connectivity index (χ1n) is 6.97. The minimum absolute atomic E-state index is 0.0416. The number of rotatable bonds is 3. The average Bonchev–Trinajstić information content (AvgIpc) is 2.84. The molecule has 24 heavy (non-hydrogen) atoms. The lowest BCUT2D eigenvalue weighted by Crippen LogP contribution is -2.11. The number of pyridine rings is 1. The molecule has 0 radical (unpaired) electrons. The van der Waals surface area contributed by atoms with Gasteiger partial charge in [0.2, 0.25) is 0 Å². The van der Waals surface area contributed by atoms with Crippen LogP contribution in [0.4, 0.5) is 19.0 Å². The summed E-state index contributed by atoms with van der Waals surface area (Å²) in [6.07, 6.45) is -2.98. The smallest absolute Gasteiger partial charge is 0.433 e. The Morgan fingerprint density at radius 3 is 2.67 bits per heavy atom. The van der Waals surface area contributed by atoms with Crippen molar-refractivity contribution in [2.45, 2.75) is 30.4 Å². The van der Waals surface area contributed by atoms with E-state index in [1.807, 2.05) is 26.0 Å².